The summed E-state index contributed by atoms with van der Waals surface area (Å²) in [4.78, 5) is 15.2. The molecule has 1 aliphatic rings. The lowest BCUT2D eigenvalue weighted by molar-refractivity contribution is -0.132. The lowest BCUT2D eigenvalue weighted by Crippen LogP contribution is -2.22. The lowest BCUT2D eigenvalue weighted by atomic mass is 10.1. The molecule has 4 rings (SSSR count). The number of unbranched alkanes of at least 4 members (excludes halogenated alkanes) is 5. The van der Waals surface area contributed by atoms with E-state index in [0.29, 0.717) is 0 Å². The molecule has 0 atom stereocenters. The summed E-state index contributed by atoms with van der Waals surface area (Å²) in [6.45, 7) is 3.18. The number of rotatable bonds is 10. The van der Waals surface area contributed by atoms with E-state index in [1.54, 1.807) is 6.07 Å². The van der Waals surface area contributed by atoms with Crippen molar-refractivity contribution in [2.24, 2.45) is 0 Å². The van der Waals surface area contributed by atoms with Gasteiger partial charge < -0.3 is 14.7 Å². The van der Waals surface area contributed by atoms with Gasteiger partial charge in [0.1, 0.15) is 11.6 Å². The first-order chi connectivity index (χ1) is 16.6. The third kappa shape index (κ3) is 5.32. The van der Waals surface area contributed by atoms with Gasteiger partial charge in [-0.05, 0) is 54.5 Å². The van der Waals surface area contributed by atoms with Gasteiger partial charge >= 0.3 is 5.97 Å². The number of anilines is 2. The second-order valence-electron chi connectivity index (χ2n) is 8.35. The summed E-state index contributed by atoms with van der Waals surface area (Å²) in [5.74, 6) is 0.452. The summed E-state index contributed by atoms with van der Waals surface area (Å²) in [6.07, 6.45) is 8.90. The minimum atomic E-state index is -1.22. The lowest BCUT2D eigenvalue weighted by Gasteiger charge is -2.33. The summed E-state index contributed by atoms with van der Waals surface area (Å²) in [6, 6.07) is 19.9. The van der Waals surface area contributed by atoms with E-state index < -0.39 is 5.97 Å². The van der Waals surface area contributed by atoms with Gasteiger partial charge in [0.15, 0.2) is 11.5 Å². The maximum Gasteiger partial charge on any atom is 0.346 e. The van der Waals surface area contributed by atoms with Gasteiger partial charge in [-0.1, -0.05) is 57.2 Å². The summed E-state index contributed by atoms with van der Waals surface area (Å²) in [5.41, 5.74) is 2.88. The fraction of sp³-hybridized carbons (Fsp3) is 0.286. The van der Waals surface area contributed by atoms with E-state index >= 15 is 0 Å². The maximum atomic E-state index is 11.1. The normalized spacial score (nSPS) is 12.5. The molecule has 2 heterocycles. The highest BCUT2D eigenvalue weighted by molar-refractivity contribution is 7.16. The predicted molar refractivity (Wildman–Crippen MR) is 138 cm³/mol. The average molecular weight is 473 g/mol. The SMILES string of the molecule is CCCCCCCCN1c2ccccc2Oc2cc(-c3ccc(/C=C(/C#N)C(=O)O)s3)ccc21. The molecule has 34 heavy (non-hydrogen) atoms. The highest BCUT2D eigenvalue weighted by Gasteiger charge is 2.24. The van der Waals surface area contributed by atoms with Crippen molar-refractivity contribution in [1.82, 2.24) is 0 Å². The van der Waals surface area contributed by atoms with Crippen molar-refractivity contribution in [2.45, 2.75) is 45.4 Å². The van der Waals surface area contributed by atoms with E-state index in [1.165, 1.54) is 49.5 Å². The van der Waals surface area contributed by atoms with Crippen LogP contribution in [-0.4, -0.2) is 17.6 Å². The molecule has 0 radical (unpaired) electrons. The molecule has 0 fully saturated rings. The number of nitriles is 1. The molecular formula is C28H28N2O3S. The number of nitrogens with zero attached hydrogens (tertiary/aromatic N) is 2. The van der Waals surface area contributed by atoms with Gasteiger partial charge in [0.25, 0.3) is 0 Å². The number of para-hydroxylation sites is 2. The number of carboxylic acids is 1. The minimum Gasteiger partial charge on any atom is -0.477 e. The zero-order chi connectivity index (χ0) is 23.9. The van der Waals surface area contributed by atoms with Gasteiger partial charge in [0.2, 0.25) is 0 Å². The van der Waals surface area contributed by atoms with Gasteiger partial charge in [-0.25, -0.2) is 4.79 Å². The number of benzene rings is 2. The molecule has 6 heteroatoms. The Morgan fingerprint density at radius 2 is 1.79 bits per heavy atom. The Morgan fingerprint density at radius 1 is 1.03 bits per heavy atom. The van der Waals surface area contributed by atoms with Gasteiger partial charge in [-0.2, -0.15) is 5.26 Å². The minimum absolute atomic E-state index is 0.274. The van der Waals surface area contributed by atoms with Crippen LogP contribution >= 0.6 is 11.3 Å². The number of carboxylic acid groups (broad SMARTS) is 1. The molecule has 0 spiro atoms. The van der Waals surface area contributed by atoms with Crippen molar-refractivity contribution in [1.29, 1.82) is 5.26 Å². The Labute approximate surface area is 204 Å². The molecule has 1 aromatic heterocycles. The van der Waals surface area contributed by atoms with Crippen LogP contribution in [0.4, 0.5) is 11.4 Å². The Bertz CT molecular complexity index is 1240. The van der Waals surface area contributed by atoms with Crippen LogP contribution < -0.4 is 9.64 Å². The van der Waals surface area contributed by atoms with Gasteiger partial charge in [-0.15, -0.1) is 11.3 Å². The number of thiophene rings is 1. The molecule has 0 saturated heterocycles. The van der Waals surface area contributed by atoms with Crippen LogP contribution in [0, 0.1) is 11.3 Å². The van der Waals surface area contributed by atoms with E-state index in [0.717, 1.165) is 51.2 Å². The largest absolute Gasteiger partial charge is 0.477 e. The zero-order valence-corrected chi connectivity index (χ0v) is 20.1. The first kappa shape index (κ1) is 23.6. The van der Waals surface area contributed by atoms with Crippen LogP contribution in [0.5, 0.6) is 11.5 Å². The van der Waals surface area contributed by atoms with E-state index in [4.69, 9.17) is 15.1 Å². The van der Waals surface area contributed by atoms with Crippen molar-refractivity contribution in [2.75, 3.05) is 11.4 Å². The molecule has 0 saturated carbocycles. The number of carbonyl (C=O) groups is 1. The Balaban J connectivity index is 1.57. The summed E-state index contributed by atoms with van der Waals surface area (Å²) in [7, 11) is 0. The molecular weight excluding hydrogens is 444 g/mol. The molecule has 0 bridgehead atoms. The first-order valence-corrected chi connectivity index (χ1v) is 12.6. The molecule has 1 N–H and O–H groups in total. The predicted octanol–water partition coefficient (Wildman–Crippen LogP) is 8.01. The Kier molecular flexibility index (Phi) is 7.66. The molecule has 1 aliphatic heterocycles. The zero-order valence-electron chi connectivity index (χ0n) is 19.3. The van der Waals surface area contributed by atoms with Crippen molar-refractivity contribution in [3.63, 3.8) is 0 Å². The van der Waals surface area contributed by atoms with Crippen molar-refractivity contribution >= 4 is 34.8 Å². The second kappa shape index (κ2) is 11.0. The number of ether oxygens (including phenoxy) is 1. The van der Waals surface area contributed by atoms with Crippen LogP contribution in [-0.2, 0) is 4.79 Å². The van der Waals surface area contributed by atoms with E-state index in [2.05, 4.69) is 30.0 Å². The third-order valence-corrected chi connectivity index (χ3v) is 6.99. The van der Waals surface area contributed by atoms with Crippen molar-refractivity contribution < 1.29 is 14.6 Å². The van der Waals surface area contributed by atoms with Crippen molar-refractivity contribution in [3.8, 4) is 28.0 Å². The Morgan fingerprint density at radius 3 is 2.59 bits per heavy atom. The molecule has 0 unspecified atom stereocenters. The number of aliphatic carboxylic acids is 1. The van der Waals surface area contributed by atoms with Crippen LogP contribution in [0.15, 0.2) is 60.2 Å². The van der Waals surface area contributed by atoms with Crippen LogP contribution in [0.3, 0.4) is 0 Å². The fourth-order valence-electron chi connectivity index (χ4n) is 4.15. The van der Waals surface area contributed by atoms with E-state index in [-0.39, 0.29) is 5.57 Å². The summed E-state index contributed by atoms with van der Waals surface area (Å²) < 4.78 is 6.28. The molecule has 0 amide bonds. The summed E-state index contributed by atoms with van der Waals surface area (Å²) in [5, 5.41) is 18.1. The molecule has 0 aliphatic carbocycles. The topological polar surface area (TPSA) is 73.6 Å². The number of hydrogen-bond acceptors (Lipinski definition) is 5. The monoisotopic (exact) mass is 472 g/mol. The third-order valence-electron chi connectivity index (χ3n) is 5.91. The Hall–Kier alpha value is -3.56. The van der Waals surface area contributed by atoms with E-state index in [1.807, 2.05) is 36.4 Å². The smallest absolute Gasteiger partial charge is 0.346 e. The molecule has 5 nitrogen and oxygen atoms in total. The molecule has 2 aromatic carbocycles. The number of hydrogen-bond donors (Lipinski definition) is 1. The molecule has 174 valence electrons. The average Bonchev–Trinajstić information content (AvgIpc) is 3.32. The maximum absolute atomic E-state index is 11.1. The second-order valence-corrected chi connectivity index (χ2v) is 9.46. The van der Waals surface area contributed by atoms with E-state index in [9.17, 15) is 4.79 Å². The fourth-order valence-corrected chi connectivity index (χ4v) is 5.10. The highest BCUT2D eigenvalue weighted by atomic mass is 32.1. The van der Waals surface area contributed by atoms with Crippen LogP contribution in [0.1, 0.15) is 50.3 Å². The van der Waals surface area contributed by atoms with Crippen molar-refractivity contribution in [3.05, 3.63) is 65.0 Å². The van der Waals surface area contributed by atoms with Gasteiger partial charge in [-0.3, -0.25) is 0 Å². The highest BCUT2D eigenvalue weighted by Crippen LogP contribution is 2.48. The van der Waals surface area contributed by atoms with Crippen LogP contribution in [0.25, 0.3) is 16.5 Å². The summed E-state index contributed by atoms with van der Waals surface area (Å²) >= 11 is 1.45. The first-order valence-electron chi connectivity index (χ1n) is 11.7. The standard InChI is InChI=1S/C28H28N2O3S/c1-2-3-4-5-6-9-16-30-23-10-7-8-11-25(23)33-26-18-20(12-14-24(26)30)27-15-13-22(34-27)17-21(19-29)28(31)32/h7-8,10-15,17-18H,2-6,9,16H2,1H3,(H,31,32)/b21-17-. The van der Waals surface area contributed by atoms with Gasteiger partial charge in [0.05, 0.1) is 11.4 Å². The van der Waals surface area contributed by atoms with Gasteiger partial charge in [0, 0.05) is 16.3 Å². The molecule has 3 aromatic rings. The number of fused-ring (bicyclic) bond motifs is 2. The quantitative estimate of drug-likeness (QED) is 0.184. The van der Waals surface area contributed by atoms with Crippen LogP contribution in [0.2, 0.25) is 0 Å².